The van der Waals surface area contributed by atoms with Gasteiger partial charge in [-0.1, -0.05) is 42.5 Å². The van der Waals surface area contributed by atoms with Gasteiger partial charge in [0.25, 0.3) is 5.91 Å². The van der Waals surface area contributed by atoms with Gasteiger partial charge in [0.1, 0.15) is 5.75 Å². The van der Waals surface area contributed by atoms with Crippen molar-refractivity contribution in [3.63, 3.8) is 0 Å². The molecule has 0 saturated carbocycles. The third-order valence-electron chi connectivity index (χ3n) is 7.55. The third kappa shape index (κ3) is 10.3. The molecule has 4 rings (SSSR count). The normalized spacial score (nSPS) is 16.2. The fourth-order valence-corrected chi connectivity index (χ4v) is 6.44. The summed E-state index contributed by atoms with van der Waals surface area (Å²) in [5.41, 5.74) is 7.91. The predicted molar refractivity (Wildman–Crippen MR) is 178 cm³/mol. The lowest BCUT2D eigenvalue weighted by Crippen LogP contribution is -2.38. The quantitative estimate of drug-likeness (QED) is 0.124. The molecule has 0 bridgehead atoms. The molecule has 252 valence electrons. The van der Waals surface area contributed by atoms with Crippen molar-refractivity contribution in [2.24, 2.45) is 0 Å². The number of nitrogens with two attached hydrogens (primary N) is 1. The number of methoxy groups -OCH3 is 1. The van der Waals surface area contributed by atoms with Gasteiger partial charge in [0, 0.05) is 38.4 Å². The van der Waals surface area contributed by atoms with Crippen molar-refractivity contribution < 1.29 is 37.3 Å². The molecule has 1 aliphatic rings. The lowest BCUT2D eigenvalue weighted by molar-refractivity contribution is -0.146. The van der Waals surface area contributed by atoms with Crippen molar-refractivity contribution in [1.82, 2.24) is 9.62 Å². The Labute approximate surface area is 275 Å². The number of nitrogens with one attached hydrogen (secondary N) is 2. The summed E-state index contributed by atoms with van der Waals surface area (Å²) in [6, 6.07) is 22.7. The standard InChI is InChI=1S/C34H42N4O8S/c1-44-27-14-16-28(17-15-27)47(42,43)38(19-21-39)20-22-45-33-24-26(25-9-3-2-4-10-25)23-31(46-33)34(41)36-18-8-7-13-32(40)37-30-12-6-5-11-29(30)35/h2-6,9-12,14-17,23,26,33,39H,7-8,13,18-22,24,35H2,1H3,(H,36,41)(H,37,40). The molecule has 3 aromatic rings. The average Bonchev–Trinajstić information content (AvgIpc) is 3.09. The first-order valence-electron chi connectivity index (χ1n) is 15.4. The Morgan fingerprint density at radius 1 is 1.00 bits per heavy atom. The lowest BCUT2D eigenvalue weighted by Gasteiger charge is -2.30. The van der Waals surface area contributed by atoms with Crippen LogP contribution in [0.2, 0.25) is 0 Å². The van der Waals surface area contributed by atoms with Crippen molar-refractivity contribution in [2.75, 3.05) is 51.0 Å². The van der Waals surface area contributed by atoms with Gasteiger partial charge in [0.05, 0.1) is 36.6 Å². The van der Waals surface area contributed by atoms with Gasteiger partial charge in [-0.15, -0.1) is 0 Å². The molecular formula is C34H42N4O8S. The summed E-state index contributed by atoms with van der Waals surface area (Å²) >= 11 is 0. The maximum atomic E-state index is 13.3. The maximum absolute atomic E-state index is 13.3. The number of para-hydroxylation sites is 2. The second-order valence-electron chi connectivity index (χ2n) is 10.9. The van der Waals surface area contributed by atoms with E-state index in [9.17, 15) is 23.1 Å². The number of ether oxygens (including phenoxy) is 3. The van der Waals surface area contributed by atoms with Crippen LogP contribution in [-0.4, -0.2) is 75.9 Å². The number of carbonyl (C=O) groups excluding carboxylic acids is 2. The van der Waals surface area contributed by atoms with E-state index in [1.165, 1.54) is 19.2 Å². The number of allylic oxidation sites excluding steroid dienone is 1. The Kier molecular flexibility index (Phi) is 13.2. The zero-order valence-corrected chi connectivity index (χ0v) is 27.2. The number of hydrogen-bond donors (Lipinski definition) is 4. The topological polar surface area (TPSA) is 170 Å². The van der Waals surface area contributed by atoms with Crippen LogP contribution in [0.5, 0.6) is 5.75 Å². The number of anilines is 2. The van der Waals surface area contributed by atoms with Gasteiger partial charge in [0.2, 0.25) is 22.2 Å². The van der Waals surface area contributed by atoms with Crippen LogP contribution in [0.3, 0.4) is 0 Å². The van der Waals surface area contributed by atoms with Gasteiger partial charge in [-0.25, -0.2) is 8.42 Å². The highest BCUT2D eigenvalue weighted by Crippen LogP contribution is 2.31. The van der Waals surface area contributed by atoms with Crippen LogP contribution >= 0.6 is 0 Å². The summed E-state index contributed by atoms with van der Waals surface area (Å²) in [6.07, 6.45) is 2.75. The van der Waals surface area contributed by atoms with E-state index >= 15 is 0 Å². The summed E-state index contributed by atoms with van der Waals surface area (Å²) < 4.78 is 44.7. The Hall–Kier alpha value is -4.43. The number of benzene rings is 3. The molecule has 13 heteroatoms. The first-order chi connectivity index (χ1) is 22.7. The molecule has 1 aliphatic heterocycles. The van der Waals surface area contributed by atoms with Crippen LogP contribution in [0.4, 0.5) is 11.4 Å². The molecule has 0 spiro atoms. The maximum Gasteiger partial charge on any atom is 0.286 e. The minimum Gasteiger partial charge on any atom is -0.497 e. The summed E-state index contributed by atoms with van der Waals surface area (Å²) in [7, 11) is -2.42. The van der Waals surface area contributed by atoms with Crippen LogP contribution in [0, 0.1) is 0 Å². The minimum atomic E-state index is -3.92. The van der Waals surface area contributed by atoms with Gasteiger partial charge in [-0.05, 0) is 60.9 Å². The highest BCUT2D eigenvalue weighted by molar-refractivity contribution is 7.89. The van der Waals surface area contributed by atoms with E-state index in [1.54, 1.807) is 42.5 Å². The van der Waals surface area contributed by atoms with Crippen molar-refractivity contribution >= 4 is 33.2 Å². The van der Waals surface area contributed by atoms with Crippen molar-refractivity contribution in [3.05, 3.63) is 96.3 Å². The number of hydrogen-bond acceptors (Lipinski definition) is 9. The van der Waals surface area contributed by atoms with Crippen LogP contribution in [0.25, 0.3) is 0 Å². The summed E-state index contributed by atoms with van der Waals surface area (Å²) in [4.78, 5) is 25.5. The third-order valence-corrected chi connectivity index (χ3v) is 9.46. The average molecular weight is 667 g/mol. The number of nitrogen functional groups attached to an aromatic ring is 1. The van der Waals surface area contributed by atoms with Gasteiger partial charge in [0.15, 0.2) is 5.76 Å². The molecule has 0 aromatic heterocycles. The SMILES string of the molecule is COc1ccc(S(=O)(=O)N(CCO)CCOC2CC(c3ccccc3)C=C(C(=O)NCCCCC(=O)Nc3ccccc3N)O2)cc1. The summed E-state index contributed by atoms with van der Waals surface area (Å²) in [5, 5.41) is 15.2. The fourth-order valence-electron chi connectivity index (χ4n) is 5.02. The summed E-state index contributed by atoms with van der Waals surface area (Å²) in [6.45, 7) is -0.231. The Bertz CT molecular complexity index is 1600. The molecule has 2 atom stereocenters. The number of amides is 2. The molecule has 47 heavy (non-hydrogen) atoms. The van der Waals surface area contributed by atoms with Crippen molar-refractivity contribution in [1.29, 1.82) is 0 Å². The highest BCUT2D eigenvalue weighted by atomic mass is 32.2. The van der Waals surface area contributed by atoms with E-state index in [0.29, 0.717) is 42.9 Å². The number of aliphatic hydroxyl groups is 1. The van der Waals surface area contributed by atoms with Gasteiger partial charge < -0.3 is 35.7 Å². The Morgan fingerprint density at radius 2 is 1.72 bits per heavy atom. The predicted octanol–water partition coefficient (Wildman–Crippen LogP) is 3.62. The molecule has 0 fully saturated rings. The second kappa shape index (κ2) is 17.5. The van der Waals surface area contributed by atoms with Gasteiger partial charge >= 0.3 is 0 Å². The molecule has 0 saturated heterocycles. The first kappa shape index (κ1) is 35.4. The van der Waals surface area contributed by atoms with E-state index in [-0.39, 0.29) is 55.2 Å². The first-order valence-corrected chi connectivity index (χ1v) is 16.9. The Balaban J connectivity index is 1.31. The molecule has 1 heterocycles. The van der Waals surface area contributed by atoms with Crippen LogP contribution in [-0.2, 0) is 29.1 Å². The largest absolute Gasteiger partial charge is 0.497 e. The molecule has 2 amide bonds. The van der Waals surface area contributed by atoms with Crippen molar-refractivity contribution in [2.45, 2.75) is 42.8 Å². The molecule has 3 aromatic carbocycles. The van der Waals surface area contributed by atoms with E-state index < -0.39 is 22.2 Å². The zero-order chi connectivity index (χ0) is 33.6. The lowest BCUT2D eigenvalue weighted by atomic mass is 9.93. The number of nitrogens with zero attached hydrogens (tertiary/aromatic N) is 1. The van der Waals surface area contributed by atoms with E-state index in [2.05, 4.69) is 10.6 Å². The Morgan fingerprint density at radius 3 is 2.43 bits per heavy atom. The van der Waals surface area contributed by atoms with Crippen molar-refractivity contribution in [3.8, 4) is 5.75 Å². The number of unbranched alkanes of at least 4 members (excludes halogenated alkanes) is 1. The van der Waals surface area contributed by atoms with Crippen LogP contribution < -0.4 is 21.1 Å². The van der Waals surface area contributed by atoms with Crippen LogP contribution in [0.1, 0.15) is 37.2 Å². The molecule has 12 nitrogen and oxygen atoms in total. The number of aliphatic hydroxyl groups excluding tert-OH is 1. The molecule has 5 N–H and O–H groups in total. The van der Waals surface area contributed by atoms with Crippen LogP contribution in [0.15, 0.2) is 95.6 Å². The highest BCUT2D eigenvalue weighted by Gasteiger charge is 2.30. The molecular weight excluding hydrogens is 624 g/mol. The van der Waals surface area contributed by atoms with E-state index in [0.717, 1.165) is 9.87 Å². The number of carbonyl (C=O) groups is 2. The molecule has 2 unspecified atom stereocenters. The summed E-state index contributed by atoms with van der Waals surface area (Å²) in [5.74, 6) is -0.127. The smallest absolute Gasteiger partial charge is 0.286 e. The number of sulfonamides is 1. The zero-order valence-electron chi connectivity index (χ0n) is 26.3. The second-order valence-corrected chi connectivity index (χ2v) is 12.8. The molecule has 0 radical (unpaired) electrons. The van der Waals surface area contributed by atoms with Gasteiger partial charge in [-0.2, -0.15) is 4.31 Å². The van der Waals surface area contributed by atoms with E-state index in [1.807, 2.05) is 30.3 Å². The molecule has 0 aliphatic carbocycles. The van der Waals surface area contributed by atoms with E-state index in [4.69, 9.17) is 19.9 Å². The van der Waals surface area contributed by atoms with Gasteiger partial charge in [-0.3, -0.25) is 9.59 Å². The number of rotatable bonds is 17. The monoisotopic (exact) mass is 666 g/mol. The fraction of sp³-hybridized carbons (Fsp3) is 0.353. The minimum absolute atomic E-state index is 0.0346.